The zero-order valence-electron chi connectivity index (χ0n) is 12.8. The van der Waals surface area contributed by atoms with Crippen molar-refractivity contribution in [1.29, 1.82) is 0 Å². The average Bonchev–Trinajstić information content (AvgIpc) is 2.97. The Bertz CT molecular complexity index is 590. The maximum absolute atomic E-state index is 8.63. The number of nitrogens with zero attached hydrogens (tertiary/aromatic N) is 2. The molecule has 0 unspecified atom stereocenters. The van der Waals surface area contributed by atoms with Gasteiger partial charge < -0.3 is 15.2 Å². The standard InChI is InChI=1S/C15H21N3O2S2/c1-3-12-6-4-5-11(2)13(12)16-14-17-18-15(22-14)21-10-9-20-8-7-19/h4-6,19H,3,7-10H2,1-2H3,(H,16,17). The van der Waals surface area contributed by atoms with Gasteiger partial charge in [-0.25, -0.2) is 0 Å². The quantitative estimate of drug-likeness (QED) is 0.540. The largest absolute Gasteiger partial charge is 0.394 e. The van der Waals surface area contributed by atoms with Crippen LogP contribution in [0.2, 0.25) is 0 Å². The first kappa shape index (κ1) is 17.2. The first-order valence-corrected chi connectivity index (χ1v) is 9.05. The number of aliphatic hydroxyl groups excluding tert-OH is 1. The van der Waals surface area contributed by atoms with Gasteiger partial charge in [-0.3, -0.25) is 0 Å². The highest BCUT2D eigenvalue weighted by atomic mass is 32.2. The Morgan fingerprint density at radius 1 is 1.32 bits per heavy atom. The van der Waals surface area contributed by atoms with E-state index in [2.05, 4.69) is 47.6 Å². The molecule has 0 spiro atoms. The number of rotatable bonds is 9. The molecule has 0 aliphatic rings. The lowest BCUT2D eigenvalue weighted by atomic mass is 10.1. The summed E-state index contributed by atoms with van der Waals surface area (Å²) in [7, 11) is 0. The van der Waals surface area contributed by atoms with Crippen LogP contribution in [-0.4, -0.2) is 40.9 Å². The summed E-state index contributed by atoms with van der Waals surface area (Å²) in [5.74, 6) is 0.805. The van der Waals surface area contributed by atoms with E-state index in [0.717, 1.165) is 27.3 Å². The molecule has 1 heterocycles. The fraction of sp³-hybridized carbons (Fsp3) is 0.467. The number of nitrogens with one attached hydrogen (secondary N) is 1. The lowest BCUT2D eigenvalue weighted by molar-refractivity contribution is 0.103. The fourth-order valence-electron chi connectivity index (χ4n) is 1.98. The van der Waals surface area contributed by atoms with Gasteiger partial charge >= 0.3 is 0 Å². The van der Waals surface area contributed by atoms with Gasteiger partial charge in [0.1, 0.15) is 0 Å². The Labute approximate surface area is 139 Å². The third kappa shape index (κ3) is 4.95. The number of ether oxygens (including phenoxy) is 1. The van der Waals surface area contributed by atoms with Crippen molar-refractivity contribution >= 4 is 33.9 Å². The Morgan fingerprint density at radius 2 is 2.18 bits per heavy atom. The van der Waals surface area contributed by atoms with Gasteiger partial charge in [-0.05, 0) is 24.5 Å². The third-order valence-corrected chi connectivity index (χ3v) is 5.00. The molecule has 2 N–H and O–H groups in total. The van der Waals surface area contributed by atoms with Crippen LogP contribution < -0.4 is 5.32 Å². The smallest absolute Gasteiger partial charge is 0.210 e. The second kappa shape index (κ2) is 9.09. The summed E-state index contributed by atoms with van der Waals surface area (Å²) in [6.07, 6.45) is 0.979. The van der Waals surface area contributed by atoms with Crippen molar-refractivity contribution in [1.82, 2.24) is 10.2 Å². The van der Waals surface area contributed by atoms with E-state index in [9.17, 15) is 0 Å². The van der Waals surface area contributed by atoms with Gasteiger partial charge in [0, 0.05) is 11.4 Å². The molecule has 0 saturated carbocycles. The van der Waals surface area contributed by atoms with Gasteiger partial charge in [-0.15, -0.1) is 10.2 Å². The predicted octanol–water partition coefficient (Wildman–Crippen LogP) is 3.25. The highest BCUT2D eigenvalue weighted by Gasteiger charge is 2.09. The summed E-state index contributed by atoms with van der Waals surface area (Å²) in [4.78, 5) is 0. The number of aliphatic hydroxyl groups is 1. The molecule has 1 aromatic carbocycles. The topological polar surface area (TPSA) is 67.3 Å². The van der Waals surface area contributed by atoms with Crippen molar-refractivity contribution in [2.45, 2.75) is 24.6 Å². The molecule has 5 nitrogen and oxygen atoms in total. The molecule has 0 saturated heterocycles. The van der Waals surface area contributed by atoms with Gasteiger partial charge in [0.25, 0.3) is 0 Å². The molecule has 0 aliphatic heterocycles. The van der Waals surface area contributed by atoms with Crippen molar-refractivity contribution in [3.63, 3.8) is 0 Å². The summed E-state index contributed by atoms with van der Waals surface area (Å²) in [5, 5.41) is 21.2. The van der Waals surface area contributed by atoms with Crippen LogP contribution in [0.5, 0.6) is 0 Å². The molecular formula is C15H21N3O2S2. The van der Waals surface area contributed by atoms with E-state index in [1.807, 2.05) is 0 Å². The monoisotopic (exact) mass is 339 g/mol. The molecule has 2 rings (SSSR count). The summed E-state index contributed by atoms with van der Waals surface area (Å²) >= 11 is 3.16. The zero-order chi connectivity index (χ0) is 15.8. The van der Waals surface area contributed by atoms with Crippen LogP contribution >= 0.6 is 23.1 Å². The summed E-state index contributed by atoms with van der Waals surface area (Å²) < 4.78 is 6.14. The number of thioether (sulfide) groups is 1. The van der Waals surface area contributed by atoms with Crippen LogP contribution in [0.15, 0.2) is 22.5 Å². The van der Waals surface area contributed by atoms with Gasteiger partial charge in [0.05, 0.1) is 19.8 Å². The molecule has 22 heavy (non-hydrogen) atoms. The molecule has 0 atom stereocenters. The highest BCUT2D eigenvalue weighted by molar-refractivity contribution is 8.01. The number of para-hydroxylation sites is 1. The summed E-state index contributed by atoms with van der Waals surface area (Å²) in [6.45, 7) is 5.29. The maximum Gasteiger partial charge on any atom is 0.210 e. The lowest BCUT2D eigenvalue weighted by Gasteiger charge is -2.11. The van der Waals surface area contributed by atoms with Crippen LogP contribution in [0.3, 0.4) is 0 Å². The van der Waals surface area contributed by atoms with Gasteiger partial charge in [-0.2, -0.15) is 0 Å². The van der Waals surface area contributed by atoms with E-state index in [1.165, 1.54) is 11.1 Å². The SMILES string of the molecule is CCc1cccc(C)c1Nc1nnc(SCCOCCO)s1. The number of hydrogen-bond donors (Lipinski definition) is 2. The number of hydrogen-bond acceptors (Lipinski definition) is 7. The fourth-order valence-corrected chi connectivity index (χ4v) is 3.66. The first-order chi connectivity index (χ1) is 10.7. The molecule has 0 amide bonds. The normalized spacial score (nSPS) is 10.9. The summed E-state index contributed by atoms with van der Waals surface area (Å²) in [5.41, 5.74) is 3.62. The van der Waals surface area contributed by atoms with E-state index in [1.54, 1.807) is 23.1 Å². The van der Waals surface area contributed by atoms with Crippen LogP contribution in [0.25, 0.3) is 0 Å². The average molecular weight is 339 g/mol. The molecule has 1 aromatic heterocycles. The van der Waals surface area contributed by atoms with Crippen LogP contribution in [-0.2, 0) is 11.2 Å². The van der Waals surface area contributed by atoms with Crippen molar-refractivity contribution in [2.75, 3.05) is 30.9 Å². The van der Waals surface area contributed by atoms with Crippen LogP contribution in [0.4, 0.5) is 10.8 Å². The minimum absolute atomic E-state index is 0.0632. The Hall–Kier alpha value is -1.15. The molecule has 0 bridgehead atoms. The van der Waals surface area contributed by atoms with Gasteiger partial charge in [0.2, 0.25) is 5.13 Å². The molecule has 2 aromatic rings. The van der Waals surface area contributed by atoms with Crippen molar-refractivity contribution < 1.29 is 9.84 Å². The number of aromatic nitrogens is 2. The van der Waals surface area contributed by atoms with Crippen LogP contribution in [0, 0.1) is 6.92 Å². The summed E-state index contributed by atoms with van der Waals surface area (Å²) in [6, 6.07) is 6.30. The number of benzene rings is 1. The Balaban J connectivity index is 1.92. The molecule has 7 heteroatoms. The first-order valence-electron chi connectivity index (χ1n) is 7.25. The minimum atomic E-state index is 0.0632. The maximum atomic E-state index is 8.63. The predicted molar refractivity (Wildman–Crippen MR) is 92.4 cm³/mol. The van der Waals surface area contributed by atoms with Crippen molar-refractivity contribution in [3.8, 4) is 0 Å². The number of anilines is 2. The van der Waals surface area contributed by atoms with E-state index in [0.29, 0.717) is 13.2 Å². The van der Waals surface area contributed by atoms with Crippen molar-refractivity contribution in [2.24, 2.45) is 0 Å². The molecule has 0 radical (unpaired) electrons. The number of aryl methyl sites for hydroxylation is 2. The van der Waals surface area contributed by atoms with E-state index < -0.39 is 0 Å². The second-order valence-electron chi connectivity index (χ2n) is 4.65. The molecule has 120 valence electrons. The highest BCUT2D eigenvalue weighted by Crippen LogP contribution is 2.30. The third-order valence-electron chi connectivity index (χ3n) is 3.07. The zero-order valence-corrected chi connectivity index (χ0v) is 14.5. The Kier molecular flexibility index (Phi) is 7.11. The van der Waals surface area contributed by atoms with Gasteiger partial charge in [0.15, 0.2) is 4.34 Å². The van der Waals surface area contributed by atoms with E-state index in [4.69, 9.17) is 9.84 Å². The lowest BCUT2D eigenvalue weighted by Crippen LogP contribution is -2.02. The van der Waals surface area contributed by atoms with Gasteiger partial charge in [-0.1, -0.05) is 48.2 Å². The van der Waals surface area contributed by atoms with Crippen LogP contribution in [0.1, 0.15) is 18.1 Å². The minimum Gasteiger partial charge on any atom is -0.394 e. The molecular weight excluding hydrogens is 318 g/mol. The molecule has 0 fully saturated rings. The van der Waals surface area contributed by atoms with E-state index >= 15 is 0 Å². The Morgan fingerprint density at radius 3 is 2.95 bits per heavy atom. The molecule has 0 aliphatic carbocycles. The van der Waals surface area contributed by atoms with E-state index in [-0.39, 0.29) is 6.61 Å². The van der Waals surface area contributed by atoms with Crippen molar-refractivity contribution in [3.05, 3.63) is 29.3 Å². The second-order valence-corrected chi connectivity index (χ2v) is 6.96.